The fraction of sp³-hybridized carbons (Fsp3) is 0.0667. The van der Waals surface area contributed by atoms with E-state index in [1.165, 1.54) is 30.3 Å². The van der Waals surface area contributed by atoms with Gasteiger partial charge in [0.15, 0.2) is 11.2 Å². The van der Waals surface area contributed by atoms with Gasteiger partial charge in [-0.05, 0) is 24.3 Å². The Hall–Kier alpha value is -6.04. The highest BCUT2D eigenvalue weighted by Gasteiger charge is 2.64. The lowest BCUT2D eigenvalue weighted by Gasteiger charge is -2.38. The van der Waals surface area contributed by atoms with E-state index in [0.29, 0.717) is 0 Å². The molecule has 2 unspecified atom stereocenters. The zero-order valence-electron chi connectivity index (χ0n) is 21.0. The van der Waals surface area contributed by atoms with Gasteiger partial charge in [0.2, 0.25) is 5.43 Å². The molecule has 0 spiro atoms. The normalized spacial score (nSPS) is 18.6. The van der Waals surface area contributed by atoms with Crippen molar-refractivity contribution in [1.29, 1.82) is 0 Å². The Kier molecular flexibility index (Phi) is 4.90. The van der Waals surface area contributed by atoms with E-state index in [0.717, 1.165) is 30.5 Å². The minimum atomic E-state index is -2.17. The lowest BCUT2D eigenvalue weighted by atomic mass is 9.67. The molecule has 0 fully saturated rings. The van der Waals surface area contributed by atoms with E-state index in [-0.39, 0.29) is 50.8 Å². The second kappa shape index (κ2) is 8.24. The molecule has 0 saturated heterocycles. The number of aromatic hydroxyl groups is 7. The molecule has 210 valence electrons. The van der Waals surface area contributed by atoms with Gasteiger partial charge < -0.3 is 49.6 Å². The Morgan fingerprint density at radius 3 is 2.07 bits per heavy atom. The van der Waals surface area contributed by atoms with Gasteiger partial charge in [-0.25, -0.2) is 0 Å². The molecule has 7 N–H and O–H groups in total. The Balaban J connectivity index is 1.59. The minimum Gasteiger partial charge on any atom is -0.508 e. The predicted molar refractivity (Wildman–Crippen MR) is 143 cm³/mol. The lowest BCUT2D eigenvalue weighted by molar-refractivity contribution is -0.0236. The number of phenols is 7. The second-order valence-corrected chi connectivity index (χ2v) is 9.90. The van der Waals surface area contributed by atoms with Crippen molar-refractivity contribution in [2.24, 2.45) is 0 Å². The topological polar surface area (TPSA) is 207 Å². The highest BCUT2D eigenvalue weighted by Crippen LogP contribution is 2.59. The molecule has 0 radical (unpaired) electrons. The van der Waals surface area contributed by atoms with Crippen LogP contribution in [0.3, 0.4) is 0 Å². The van der Waals surface area contributed by atoms with Crippen LogP contribution in [0.2, 0.25) is 0 Å². The quantitative estimate of drug-likeness (QED) is 0.162. The molecular formula is C30H18O12. The molecule has 12 nitrogen and oxygen atoms in total. The molecule has 0 amide bonds. The van der Waals surface area contributed by atoms with E-state index in [1.54, 1.807) is 0 Å². The zero-order valence-corrected chi connectivity index (χ0v) is 21.0. The fourth-order valence-corrected chi connectivity index (χ4v) is 5.78. The van der Waals surface area contributed by atoms with Gasteiger partial charge in [-0.15, -0.1) is 0 Å². The third-order valence-corrected chi connectivity index (χ3v) is 7.53. The van der Waals surface area contributed by atoms with Crippen LogP contribution in [-0.2, 0) is 5.41 Å². The van der Waals surface area contributed by atoms with Crippen molar-refractivity contribution in [3.63, 3.8) is 0 Å². The number of fused-ring (bicyclic) bond motifs is 5. The second-order valence-electron chi connectivity index (χ2n) is 9.90. The molecule has 5 aromatic rings. The molecule has 0 bridgehead atoms. The molecule has 2 aliphatic heterocycles. The number of rotatable bonds is 2. The van der Waals surface area contributed by atoms with Crippen LogP contribution in [0.4, 0.5) is 0 Å². The molecule has 7 rings (SSSR count). The molecule has 3 heterocycles. The number of phenolic OH excluding ortho intramolecular Hbond substituents is 7. The molecule has 4 aromatic carbocycles. The van der Waals surface area contributed by atoms with Crippen LogP contribution in [0, 0.1) is 0 Å². The number of ketones is 1. The van der Waals surface area contributed by atoms with E-state index in [2.05, 4.69) is 0 Å². The SMILES string of the molecule is O=C1c2c(O)cc(O)cc2OC2Oc3cc(O)ccc3C12c1c(O)cc(O)c2c(=O)c(-c3ccc(O)cc3O)coc12. The summed E-state index contributed by atoms with van der Waals surface area (Å²) in [7, 11) is 0. The van der Waals surface area contributed by atoms with Crippen molar-refractivity contribution in [2.75, 3.05) is 0 Å². The van der Waals surface area contributed by atoms with Crippen molar-refractivity contribution >= 4 is 16.8 Å². The third-order valence-electron chi connectivity index (χ3n) is 7.53. The van der Waals surface area contributed by atoms with Crippen LogP contribution in [0.15, 0.2) is 70.1 Å². The predicted octanol–water partition coefficient (Wildman–Crippen LogP) is 3.68. The lowest BCUT2D eigenvalue weighted by Crippen LogP contribution is -2.52. The van der Waals surface area contributed by atoms with Crippen molar-refractivity contribution in [3.8, 4) is 62.9 Å². The van der Waals surface area contributed by atoms with E-state index in [9.17, 15) is 45.3 Å². The van der Waals surface area contributed by atoms with Gasteiger partial charge in [0.1, 0.15) is 74.5 Å². The monoisotopic (exact) mass is 570 g/mol. The van der Waals surface area contributed by atoms with Crippen molar-refractivity contribution < 1.29 is 54.4 Å². The van der Waals surface area contributed by atoms with Gasteiger partial charge in [0.25, 0.3) is 6.29 Å². The maximum Gasteiger partial charge on any atom is 0.262 e. The number of benzene rings is 4. The number of ether oxygens (including phenoxy) is 2. The summed E-state index contributed by atoms with van der Waals surface area (Å²) < 4.78 is 17.7. The van der Waals surface area contributed by atoms with E-state index >= 15 is 0 Å². The van der Waals surface area contributed by atoms with Crippen molar-refractivity contribution in [1.82, 2.24) is 0 Å². The maximum atomic E-state index is 14.5. The number of carbonyl (C=O) groups excluding carboxylic acids is 1. The van der Waals surface area contributed by atoms with Crippen LogP contribution in [0.1, 0.15) is 21.5 Å². The van der Waals surface area contributed by atoms with E-state index in [4.69, 9.17) is 13.9 Å². The van der Waals surface area contributed by atoms with Crippen molar-refractivity contribution in [2.45, 2.75) is 11.7 Å². The first-order chi connectivity index (χ1) is 20.0. The first kappa shape index (κ1) is 25.0. The molecular weight excluding hydrogens is 552 g/mol. The molecule has 0 saturated carbocycles. The summed E-state index contributed by atoms with van der Waals surface area (Å²) in [6.45, 7) is 0. The third kappa shape index (κ3) is 3.11. The largest absolute Gasteiger partial charge is 0.508 e. The summed E-state index contributed by atoms with van der Waals surface area (Å²) in [5.41, 5.74) is -4.36. The standard InChI is InChI=1S/C30H18O12/c31-11-1-3-14(17(34)5-11)15-10-40-27-24(26(15)38)19(36)9-20(37)25(27)30-16-4-2-12(32)7-21(16)41-29(30)42-22-8-13(33)6-18(35)23(22)28(30)39/h1-10,29,31-37H. The van der Waals surface area contributed by atoms with E-state index < -0.39 is 62.6 Å². The highest BCUT2D eigenvalue weighted by atomic mass is 16.7. The fourth-order valence-electron chi connectivity index (χ4n) is 5.78. The van der Waals surface area contributed by atoms with Gasteiger partial charge >= 0.3 is 0 Å². The Morgan fingerprint density at radius 1 is 0.643 bits per heavy atom. The number of carbonyl (C=O) groups is 1. The van der Waals surface area contributed by atoms with Gasteiger partial charge in [0.05, 0.1) is 11.1 Å². The number of hydrogen-bond donors (Lipinski definition) is 7. The molecule has 12 heteroatoms. The Bertz CT molecular complexity index is 2080. The smallest absolute Gasteiger partial charge is 0.262 e. The molecule has 0 aliphatic carbocycles. The highest BCUT2D eigenvalue weighted by molar-refractivity contribution is 6.14. The van der Waals surface area contributed by atoms with Crippen LogP contribution in [0.25, 0.3) is 22.1 Å². The summed E-state index contributed by atoms with van der Waals surface area (Å²) in [5.74, 6) is -4.54. The van der Waals surface area contributed by atoms with Crippen LogP contribution in [-0.4, -0.2) is 47.8 Å². The van der Waals surface area contributed by atoms with Gasteiger partial charge in [-0.2, -0.15) is 0 Å². The number of hydrogen-bond acceptors (Lipinski definition) is 12. The minimum absolute atomic E-state index is 0.0292. The van der Waals surface area contributed by atoms with Crippen LogP contribution >= 0.6 is 0 Å². The molecule has 1 aromatic heterocycles. The summed E-state index contributed by atoms with van der Waals surface area (Å²) in [4.78, 5) is 28.3. The average molecular weight is 570 g/mol. The van der Waals surface area contributed by atoms with E-state index in [1.807, 2.05) is 0 Å². The summed E-state index contributed by atoms with van der Waals surface area (Å²) in [6, 6.07) is 10.1. The Morgan fingerprint density at radius 2 is 1.31 bits per heavy atom. The van der Waals surface area contributed by atoms with Crippen molar-refractivity contribution in [3.05, 3.63) is 87.8 Å². The van der Waals surface area contributed by atoms with Gasteiger partial charge in [0, 0.05) is 41.5 Å². The maximum absolute atomic E-state index is 14.5. The van der Waals surface area contributed by atoms with Gasteiger partial charge in [-0.1, -0.05) is 0 Å². The zero-order chi connectivity index (χ0) is 29.7. The Labute approximate surface area is 233 Å². The van der Waals surface area contributed by atoms with Gasteiger partial charge in [-0.3, -0.25) is 9.59 Å². The number of Topliss-reactive ketones (excluding diaryl/α,β-unsaturated/α-hetero) is 1. The average Bonchev–Trinajstić information content (AvgIpc) is 3.22. The molecule has 42 heavy (non-hydrogen) atoms. The summed E-state index contributed by atoms with van der Waals surface area (Å²) in [6.07, 6.45) is -0.657. The molecule has 2 atom stereocenters. The van der Waals surface area contributed by atoms with Crippen LogP contribution < -0.4 is 14.9 Å². The summed E-state index contributed by atoms with van der Waals surface area (Å²) >= 11 is 0. The summed E-state index contributed by atoms with van der Waals surface area (Å²) in [5, 5.41) is 72.5. The van der Waals surface area contributed by atoms with Crippen LogP contribution in [0.5, 0.6) is 51.7 Å². The molecule has 2 aliphatic rings. The first-order valence-corrected chi connectivity index (χ1v) is 12.3. The first-order valence-electron chi connectivity index (χ1n) is 12.3.